The number of nitrogens with zero attached hydrogens (tertiary/aromatic N) is 1. The summed E-state index contributed by atoms with van der Waals surface area (Å²) in [4.78, 5) is 15.1. The van der Waals surface area contributed by atoms with Crippen molar-refractivity contribution in [2.45, 2.75) is 81.8 Å². The van der Waals surface area contributed by atoms with Crippen molar-refractivity contribution in [3.63, 3.8) is 0 Å². The number of nitrogens with one attached hydrogen (secondary N) is 1. The SMILES string of the molecule is COC(=O)C1(NC2CCCCCC2)CCN2CCCC2C1. The van der Waals surface area contributed by atoms with Gasteiger partial charge in [-0.25, -0.2) is 0 Å². The normalized spacial score (nSPS) is 35.2. The second kappa shape index (κ2) is 6.66. The summed E-state index contributed by atoms with van der Waals surface area (Å²) < 4.78 is 5.19. The van der Waals surface area contributed by atoms with Gasteiger partial charge in [-0.3, -0.25) is 10.1 Å². The van der Waals surface area contributed by atoms with E-state index in [1.54, 1.807) is 7.11 Å². The molecule has 21 heavy (non-hydrogen) atoms. The van der Waals surface area contributed by atoms with E-state index in [2.05, 4.69) is 10.2 Å². The number of rotatable bonds is 3. The van der Waals surface area contributed by atoms with Crippen LogP contribution in [0.25, 0.3) is 0 Å². The summed E-state index contributed by atoms with van der Waals surface area (Å²) in [7, 11) is 1.54. The zero-order valence-electron chi connectivity index (χ0n) is 13.4. The lowest BCUT2D eigenvalue weighted by Crippen LogP contribution is -2.62. The van der Waals surface area contributed by atoms with Gasteiger partial charge in [-0.05, 0) is 45.1 Å². The average Bonchev–Trinajstić information content (AvgIpc) is 2.81. The van der Waals surface area contributed by atoms with Crippen LogP contribution in [0.2, 0.25) is 0 Å². The van der Waals surface area contributed by atoms with E-state index in [0.717, 1.165) is 19.4 Å². The molecule has 0 bridgehead atoms. The minimum atomic E-state index is -0.421. The highest BCUT2D eigenvalue weighted by Crippen LogP contribution is 2.35. The molecule has 0 spiro atoms. The van der Waals surface area contributed by atoms with E-state index < -0.39 is 5.54 Å². The second-order valence-corrected chi connectivity index (χ2v) is 7.19. The Morgan fingerprint density at radius 1 is 1.10 bits per heavy atom. The summed E-state index contributed by atoms with van der Waals surface area (Å²) in [6, 6.07) is 1.08. The van der Waals surface area contributed by atoms with Gasteiger partial charge in [0.05, 0.1) is 7.11 Å². The van der Waals surface area contributed by atoms with Crippen LogP contribution >= 0.6 is 0 Å². The first-order valence-corrected chi connectivity index (χ1v) is 8.84. The Hall–Kier alpha value is -0.610. The Morgan fingerprint density at radius 3 is 2.57 bits per heavy atom. The van der Waals surface area contributed by atoms with Crippen LogP contribution < -0.4 is 5.32 Å². The van der Waals surface area contributed by atoms with Crippen LogP contribution in [0.4, 0.5) is 0 Å². The number of carbonyl (C=O) groups is 1. The molecule has 0 aromatic rings. The maximum Gasteiger partial charge on any atom is 0.326 e. The number of methoxy groups -OCH3 is 1. The molecule has 2 saturated heterocycles. The van der Waals surface area contributed by atoms with Gasteiger partial charge in [0, 0.05) is 18.6 Å². The molecule has 2 heterocycles. The van der Waals surface area contributed by atoms with Crippen molar-refractivity contribution in [1.29, 1.82) is 0 Å². The predicted octanol–water partition coefficient (Wildman–Crippen LogP) is 2.47. The second-order valence-electron chi connectivity index (χ2n) is 7.19. The monoisotopic (exact) mass is 294 g/mol. The van der Waals surface area contributed by atoms with Gasteiger partial charge in [0.1, 0.15) is 5.54 Å². The molecule has 2 unspecified atom stereocenters. The molecule has 120 valence electrons. The van der Waals surface area contributed by atoms with Crippen LogP contribution in [0.5, 0.6) is 0 Å². The van der Waals surface area contributed by atoms with Crippen molar-refractivity contribution in [3.8, 4) is 0 Å². The van der Waals surface area contributed by atoms with Gasteiger partial charge in [-0.1, -0.05) is 25.7 Å². The maximum atomic E-state index is 12.5. The maximum absolute atomic E-state index is 12.5. The van der Waals surface area contributed by atoms with Crippen LogP contribution in [-0.2, 0) is 9.53 Å². The van der Waals surface area contributed by atoms with Crippen molar-refractivity contribution in [3.05, 3.63) is 0 Å². The van der Waals surface area contributed by atoms with E-state index >= 15 is 0 Å². The van der Waals surface area contributed by atoms with Gasteiger partial charge in [0.25, 0.3) is 0 Å². The Balaban J connectivity index is 1.72. The van der Waals surface area contributed by atoms with E-state index in [1.807, 2.05) is 0 Å². The molecular weight excluding hydrogens is 264 g/mol. The number of ether oxygens (including phenoxy) is 1. The lowest BCUT2D eigenvalue weighted by molar-refractivity contribution is -0.152. The Kier molecular flexibility index (Phi) is 4.85. The summed E-state index contributed by atoms with van der Waals surface area (Å²) in [6.07, 6.45) is 12.1. The smallest absolute Gasteiger partial charge is 0.326 e. The highest BCUT2D eigenvalue weighted by Gasteiger charge is 2.48. The molecule has 0 aromatic carbocycles. The number of carbonyl (C=O) groups excluding carboxylic acids is 1. The quantitative estimate of drug-likeness (QED) is 0.641. The third-order valence-corrected chi connectivity index (χ3v) is 5.82. The highest BCUT2D eigenvalue weighted by atomic mass is 16.5. The Morgan fingerprint density at radius 2 is 1.86 bits per heavy atom. The number of fused-ring (bicyclic) bond motifs is 1. The van der Waals surface area contributed by atoms with Crippen molar-refractivity contribution in [2.75, 3.05) is 20.2 Å². The topological polar surface area (TPSA) is 41.6 Å². The molecule has 0 amide bonds. The zero-order chi connectivity index (χ0) is 14.7. The minimum Gasteiger partial charge on any atom is -0.468 e. The summed E-state index contributed by atoms with van der Waals surface area (Å²) in [5.41, 5.74) is -0.421. The predicted molar refractivity (Wildman–Crippen MR) is 83.2 cm³/mol. The van der Waals surface area contributed by atoms with Crippen LogP contribution in [0.15, 0.2) is 0 Å². The van der Waals surface area contributed by atoms with Crippen LogP contribution in [0, 0.1) is 0 Å². The summed E-state index contributed by atoms with van der Waals surface area (Å²) >= 11 is 0. The van der Waals surface area contributed by atoms with Crippen molar-refractivity contribution >= 4 is 5.97 Å². The van der Waals surface area contributed by atoms with Gasteiger partial charge < -0.3 is 9.64 Å². The van der Waals surface area contributed by atoms with Crippen LogP contribution in [0.3, 0.4) is 0 Å². The molecule has 0 radical (unpaired) electrons. The van der Waals surface area contributed by atoms with Gasteiger partial charge in [-0.2, -0.15) is 0 Å². The fourth-order valence-corrected chi connectivity index (χ4v) is 4.64. The molecule has 1 saturated carbocycles. The van der Waals surface area contributed by atoms with E-state index in [-0.39, 0.29) is 5.97 Å². The third kappa shape index (κ3) is 3.26. The molecule has 3 aliphatic rings. The van der Waals surface area contributed by atoms with E-state index in [0.29, 0.717) is 12.1 Å². The fourth-order valence-electron chi connectivity index (χ4n) is 4.64. The third-order valence-electron chi connectivity index (χ3n) is 5.82. The molecule has 1 N–H and O–H groups in total. The largest absolute Gasteiger partial charge is 0.468 e. The number of hydrogen-bond acceptors (Lipinski definition) is 4. The Labute approximate surface area is 128 Å². The molecule has 2 aliphatic heterocycles. The molecule has 2 atom stereocenters. The van der Waals surface area contributed by atoms with Crippen molar-refractivity contribution < 1.29 is 9.53 Å². The van der Waals surface area contributed by atoms with E-state index in [4.69, 9.17) is 4.74 Å². The van der Waals surface area contributed by atoms with E-state index in [1.165, 1.54) is 57.9 Å². The van der Waals surface area contributed by atoms with Crippen LogP contribution in [-0.4, -0.2) is 48.7 Å². The molecule has 3 fully saturated rings. The molecule has 4 nitrogen and oxygen atoms in total. The Bertz CT molecular complexity index is 366. The molecule has 3 rings (SSSR count). The standard InChI is InChI=1S/C17H30N2O2/c1-21-16(20)17(18-14-7-4-2-3-5-8-14)10-12-19-11-6-9-15(19)13-17/h14-15,18H,2-13H2,1H3. The lowest BCUT2D eigenvalue weighted by atomic mass is 9.82. The average molecular weight is 294 g/mol. The number of hydrogen-bond donors (Lipinski definition) is 1. The molecule has 0 aromatic heterocycles. The summed E-state index contributed by atoms with van der Waals surface area (Å²) in [6.45, 7) is 2.25. The first kappa shape index (κ1) is 15.3. The van der Waals surface area contributed by atoms with Gasteiger partial charge in [0.2, 0.25) is 0 Å². The van der Waals surface area contributed by atoms with Crippen molar-refractivity contribution in [1.82, 2.24) is 10.2 Å². The van der Waals surface area contributed by atoms with Crippen molar-refractivity contribution in [2.24, 2.45) is 0 Å². The van der Waals surface area contributed by atoms with Crippen LogP contribution in [0.1, 0.15) is 64.2 Å². The first-order valence-electron chi connectivity index (χ1n) is 8.84. The van der Waals surface area contributed by atoms with Gasteiger partial charge in [0.15, 0.2) is 0 Å². The van der Waals surface area contributed by atoms with E-state index in [9.17, 15) is 4.79 Å². The molecular formula is C17H30N2O2. The number of esters is 1. The fraction of sp³-hybridized carbons (Fsp3) is 0.941. The zero-order valence-corrected chi connectivity index (χ0v) is 13.4. The number of piperidine rings is 1. The molecule has 4 heteroatoms. The highest BCUT2D eigenvalue weighted by molar-refractivity contribution is 5.81. The lowest BCUT2D eigenvalue weighted by Gasteiger charge is -2.44. The minimum absolute atomic E-state index is 0.0294. The molecule has 1 aliphatic carbocycles. The summed E-state index contributed by atoms with van der Waals surface area (Å²) in [5.74, 6) is -0.0294. The van der Waals surface area contributed by atoms with Gasteiger partial charge >= 0.3 is 5.97 Å². The first-order chi connectivity index (χ1) is 10.2. The summed E-state index contributed by atoms with van der Waals surface area (Å²) in [5, 5.41) is 3.77. The van der Waals surface area contributed by atoms with Gasteiger partial charge in [-0.15, -0.1) is 0 Å².